The molecule has 1 unspecified atom stereocenters. The van der Waals surface area contributed by atoms with Gasteiger partial charge in [0.15, 0.2) is 0 Å². The molecule has 1 atom stereocenters. The molecule has 0 aromatic heterocycles. The molecule has 0 fully saturated rings. The van der Waals surface area contributed by atoms with E-state index in [9.17, 15) is 0 Å². The first kappa shape index (κ1) is 10.7. The van der Waals surface area contributed by atoms with E-state index in [0.29, 0.717) is 5.92 Å². The Morgan fingerprint density at radius 2 is 1.91 bits per heavy atom. The van der Waals surface area contributed by atoms with Crippen LogP contribution >= 0.6 is 0 Å². The molecule has 2 nitrogen and oxygen atoms in total. The highest BCUT2D eigenvalue weighted by molar-refractivity contribution is 5.03. The zero-order valence-corrected chi connectivity index (χ0v) is 7.85. The van der Waals surface area contributed by atoms with E-state index in [4.69, 9.17) is 5.84 Å². The van der Waals surface area contributed by atoms with Gasteiger partial charge in [0, 0.05) is 6.04 Å². The fourth-order valence-corrected chi connectivity index (χ4v) is 1.44. The summed E-state index contributed by atoms with van der Waals surface area (Å²) in [5.74, 6) is 6.04. The van der Waals surface area contributed by atoms with E-state index in [0.717, 1.165) is 18.4 Å². The lowest BCUT2D eigenvalue weighted by molar-refractivity contribution is 0.375. The van der Waals surface area contributed by atoms with Gasteiger partial charge in [-0.2, -0.15) is 0 Å². The second-order valence-corrected chi connectivity index (χ2v) is 3.07. The Kier molecular flexibility index (Phi) is 5.16. The molecule has 2 heteroatoms. The third kappa shape index (κ3) is 3.04. The van der Waals surface area contributed by atoms with Crippen molar-refractivity contribution in [3.05, 3.63) is 12.2 Å². The maximum atomic E-state index is 5.41. The van der Waals surface area contributed by atoms with Crippen LogP contribution in [0.3, 0.4) is 0 Å². The maximum Gasteiger partial charge on any atom is 0.0442 e. The van der Waals surface area contributed by atoms with E-state index < -0.39 is 0 Å². The van der Waals surface area contributed by atoms with Crippen molar-refractivity contribution < 1.29 is 0 Å². The predicted molar refractivity (Wildman–Crippen MR) is 50.0 cm³/mol. The summed E-state index contributed by atoms with van der Waals surface area (Å²) < 4.78 is 0. The molecule has 0 aromatic carbocycles. The van der Waals surface area contributed by atoms with E-state index in [1.165, 1.54) is 0 Å². The number of nitrogens with two attached hydrogens (primary N) is 1. The third-order valence-corrected chi connectivity index (χ3v) is 2.23. The predicted octanol–water partition coefficient (Wildman–Crippen LogP) is 1.83. The molecular formula is C9H20N2. The summed E-state index contributed by atoms with van der Waals surface area (Å²) in [6.45, 7) is 10.3. The molecular weight excluding hydrogens is 136 g/mol. The van der Waals surface area contributed by atoms with E-state index in [1.807, 2.05) is 6.92 Å². The van der Waals surface area contributed by atoms with E-state index in [-0.39, 0.29) is 6.04 Å². The lowest BCUT2D eigenvalue weighted by Crippen LogP contribution is -2.41. The SMILES string of the molecule is C=C(C)C(NN)C(CC)CC. The highest BCUT2D eigenvalue weighted by Gasteiger charge is 2.16. The standard InChI is InChI=1S/C9H20N2/c1-5-8(6-2)9(11-10)7(3)4/h8-9,11H,3,5-6,10H2,1-2,4H3. The van der Waals surface area contributed by atoms with Gasteiger partial charge < -0.3 is 0 Å². The molecule has 66 valence electrons. The van der Waals surface area contributed by atoms with Gasteiger partial charge in [-0.3, -0.25) is 11.3 Å². The van der Waals surface area contributed by atoms with Gasteiger partial charge in [-0.05, 0) is 12.8 Å². The Morgan fingerprint density at radius 3 is 2.00 bits per heavy atom. The minimum absolute atomic E-state index is 0.282. The molecule has 0 aliphatic carbocycles. The number of rotatable bonds is 5. The second-order valence-electron chi connectivity index (χ2n) is 3.07. The molecule has 3 N–H and O–H groups in total. The highest BCUT2D eigenvalue weighted by atomic mass is 15.2. The number of hydrazine groups is 1. The van der Waals surface area contributed by atoms with Crippen LogP contribution in [0.1, 0.15) is 33.6 Å². The largest absolute Gasteiger partial charge is 0.271 e. The number of hydrogen-bond acceptors (Lipinski definition) is 2. The van der Waals surface area contributed by atoms with Crippen molar-refractivity contribution in [1.82, 2.24) is 5.43 Å². The van der Waals surface area contributed by atoms with Gasteiger partial charge in [0.2, 0.25) is 0 Å². The summed E-state index contributed by atoms with van der Waals surface area (Å²) in [7, 11) is 0. The minimum Gasteiger partial charge on any atom is -0.271 e. The van der Waals surface area contributed by atoms with E-state index in [1.54, 1.807) is 0 Å². The van der Waals surface area contributed by atoms with Crippen LogP contribution in [0.5, 0.6) is 0 Å². The van der Waals surface area contributed by atoms with Crippen LogP contribution in [0.15, 0.2) is 12.2 Å². The molecule has 0 heterocycles. The summed E-state index contributed by atoms with van der Waals surface area (Å²) >= 11 is 0. The number of nitrogens with one attached hydrogen (secondary N) is 1. The Balaban J connectivity index is 4.09. The Morgan fingerprint density at radius 1 is 1.45 bits per heavy atom. The average Bonchev–Trinajstić information content (AvgIpc) is 1.99. The summed E-state index contributed by atoms with van der Waals surface area (Å²) in [6, 6.07) is 0.282. The lowest BCUT2D eigenvalue weighted by atomic mass is 9.90. The van der Waals surface area contributed by atoms with Gasteiger partial charge in [0.25, 0.3) is 0 Å². The van der Waals surface area contributed by atoms with Crippen molar-refractivity contribution in [2.75, 3.05) is 0 Å². The fourth-order valence-electron chi connectivity index (χ4n) is 1.44. The van der Waals surface area contributed by atoms with Crippen molar-refractivity contribution in [3.63, 3.8) is 0 Å². The molecule has 0 saturated carbocycles. The third-order valence-electron chi connectivity index (χ3n) is 2.23. The smallest absolute Gasteiger partial charge is 0.0442 e. The minimum atomic E-state index is 0.282. The normalized spacial score (nSPS) is 13.5. The van der Waals surface area contributed by atoms with Gasteiger partial charge in [-0.1, -0.05) is 38.8 Å². The summed E-state index contributed by atoms with van der Waals surface area (Å²) in [5.41, 5.74) is 3.93. The van der Waals surface area contributed by atoms with Crippen molar-refractivity contribution >= 4 is 0 Å². The van der Waals surface area contributed by atoms with Crippen LogP contribution < -0.4 is 11.3 Å². The molecule has 0 amide bonds. The topological polar surface area (TPSA) is 38.0 Å². The second kappa shape index (κ2) is 5.33. The zero-order chi connectivity index (χ0) is 8.85. The maximum absolute atomic E-state index is 5.41. The van der Waals surface area contributed by atoms with E-state index in [2.05, 4.69) is 25.9 Å². The number of hydrogen-bond donors (Lipinski definition) is 2. The zero-order valence-electron chi connectivity index (χ0n) is 7.85. The van der Waals surface area contributed by atoms with E-state index >= 15 is 0 Å². The van der Waals surface area contributed by atoms with Gasteiger partial charge in [-0.15, -0.1) is 0 Å². The highest BCUT2D eigenvalue weighted by Crippen LogP contribution is 2.17. The van der Waals surface area contributed by atoms with Crippen molar-refractivity contribution in [2.24, 2.45) is 11.8 Å². The quantitative estimate of drug-likeness (QED) is 0.362. The van der Waals surface area contributed by atoms with Crippen LogP contribution in [-0.2, 0) is 0 Å². The van der Waals surface area contributed by atoms with Gasteiger partial charge >= 0.3 is 0 Å². The Hall–Kier alpha value is -0.340. The summed E-state index contributed by atoms with van der Waals surface area (Å²) in [5, 5.41) is 0. The Labute approximate surface area is 69.8 Å². The molecule has 0 aromatic rings. The van der Waals surface area contributed by atoms with Crippen LogP contribution in [0.2, 0.25) is 0 Å². The first-order chi connectivity index (χ1) is 5.17. The van der Waals surface area contributed by atoms with Gasteiger partial charge in [-0.25, -0.2) is 0 Å². The first-order valence-electron chi connectivity index (χ1n) is 4.28. The van der Waals surface area contributed by atoms with Crippen molar-refractivity contribution in [2.45, 2.75) is 39.7 Å². The van der Waals surface area contributed by atoms with Crippen LogP contribution in [0.25, 0.3) is 0 Å². The van der Waals surface area contributed by atoms with Crippen LogP contribution in [-0.4, -0.2) is 6.04 Å². The molecule has 0 aliphatic heterocycles. The van der Waals surface area contributed by atoms with Crippen molar-refractivity contribution in [3.8, 4) is 0 Å². The Bertz CT molecular complexity index is 117. The molecule has 0 rings (SSSR count). The van der Waals surface area contributed by atoms with Crippen molar-refractivity contribution in [1.29, 1.82) is 0 Å². The first-order valence-corrected chi connectivity index (χ1v) is 4.28. The average molecular weight is 156 g/mol. The summed E-state index contributed by atoms with van der Waals surface area (Å²) in [4.78, 5) is 0. The summed E-state index contributed by atoms with van der Waals surface area (Å²) in [6.07, 6.45) is 2.30. The molecule has 0 bridgehead atoms. The van der Waals surface area contributed by atoms with Gasteiger partial charge in [0.05, 0.1) is 0 Å². The molecule has 0 saturated heterocycles. The molecule has 0 radical (unpaired) electrons. The fraction of sp³-hybridized carbons (Fsp3) is 0.778. The van der Waals surface area contributed by atoms with Crippen LogP contribution in [0.4, 0.5) is 0 Å². The monoisotopic (exact) mass is 156 g/mol. The lowest BCUT2D eigenvalue weighted by Gasteiger charge is -2.24. The molecule has 0 aliphatic rings. The molecule has 0 spiro atoms. The van der Waals surface area contributed by atoms with Crippen LogP contribution in [0, 0.1) is 5.92 Å². The van der Waals surface area contributed by atoms with Gasteiger partial charge in [0.1, 0.15) is 0 Å². The molecule has 11 heavy (non-hydrogen) atoms.